The van der Waals surface area contributed by atoms with Crippen molar-refractivity contribution in [3.63, 3.8) is 0 Å². The number of para-hydroxylation sites is 8. The Bertz CT molecular complexity index is 2720. The Morgan fingerprint density at radius 1 is 0.233 bits per heavy atom. The molecule has 60 heavy (non-hydrogen) atoms. The van der Waals surface area contributed by atoms with Crippen LogP contribution >= 0.6 is 0 Å². The normalized spacial score (nSPS) is 11.0. The van der Waals surface area contributed by atoms with Gasteiger partial charge in [-0.3, -0.25) is 0 Å². The Kier molecular flexibility index (Phi) is 9.92. The summed E-state index contributed by atoms with van der Waals surface area (Å²) in [5.74, 6) is 0. The second-order valence-corrected chi connectivity index (χ2v) is 14.6. The summed E-state index contributed by atoms with van der Waals surface area (Å²) in [5.41, 5.74) is 16.5. The standard InChI is InChI=1S/C56H40N4/c1-5-19-45(20-6-1)59(46-21-7-2-8-22-46)53-31-17-13-27-49(53)41-33-37-43(38-34-41)55-56(58-52-30-16-15-29-51(52)57-55)44-39-35-42(36-40-44)50-28-14-18-32-54(50)60(47-23-9-3-10-24-47)48-25-11-4-12-26-48/h1-40H. The topological polar surface area (TPSA) is 32.3 Å². The Balaban J connectivity index is 1.03. The molecule has 0 aliphatic heterocycles. The van der Waals surface area contributed by atoms with E-state index in [2.05, 4.69) is 228 Å². The SMILES string of the molecule is c1ccc(N(c2ccccc2)c2ccccc2-c2ccc(-c3nc4ccccc4nc3-c3ccc(-c4ccccc4N(c4ccccc4)c4ccccc4)cc3)cc2)cc1. The van der Waals surface area contributed by atoms with Gasteiger partial charge in [-0.2, -0.15) is 0 Å². The summed E-state index contributed by atoms with van der Waals surface area (Å²) < 4.78 is 0. The molecule has 0 spiro atoms. The fourth-order valence-electron chi connectivity index (χ4n) is 8.01. The van der Waals surface area contributed by atoms with E-state index >= 15 is 0 Å². The van der Waals surface area contributed by atoms with E-state index in [-0.39, 0.29) is 0 Å². The molecular weight excluding hydrogens is 729 g/mol. The van der Waals surface area contributed by atoms with Crippen LogP contribution in [0.4, 0.5) is 34.1 Å². The average molecular weight is 769 g/mol. The highest BCUT2D eigenvalue weighted by Crippen LogP contribution is 2.43. The molecular formula is C56H40N4. The van der Waals surface area contributed by atoms with E-state index in [0.29, 0.717) is 0 Å². The van der Waals surface area contributed by atoms with Crippen LogP contribution in [-0.2, 0) is 0 Å². The zero-order valence-electron chi connectivity index (χ0n) is 32.9. The van der Waals surface area contributed by atoms with Gasteiger partial charge < -0.3 is 9.80 Å². The summed E-state index contributed by atoms with van der Waals surface area (Å²) >= 11 is 0. The number of fused-ring (bicyclic) bond motifs is 1. The van der Waals surface area contributed by atoms with E-state index in [1.54, 1.807) is 0 Å². The van der Waals surface area contributed by atoms with Gasteiger partial charge in [-0.25, -0.2) is 9.97 Å². The molecule has 10 rings (SSSR count). The second kappa shape index (κ2) is 16.4. The highest BCUT2D eigenvalue weighted by atomic mass is 15.1. The Labute approximate surface area is 351 Å². The molecule has 0 atom stereocenters. The van der Waals surface area contributed by atoms with Crippen molar-refractivity contribution in [3.8, 4) is 44.8 Å². The van der Waals surface area contributed by atoms with Crippen LogP contribution in [0.15, 0.2) is 243 Å². The molecule has 0 fully saturated rings. The van der Waals surface area contributed by atoms with Gasteiger partial charge in [0, 0.05) is 45.0 Å². The number of hydrogen-bond acceptors (Lipinski definition) is 4. The molecule has 10 aromatic rings. The molecule has 1 aromatic heterocycles. The zero-order valence-corrected chi connectivity index (χ0v) is 32.9. The Morgan fingerprint density at radius 2 is 0.500 bits per heavy atom. The number of aromatic nitrogens is 2. The minimum absolute atomic E-state index is 0.844. The first-order chi connectivity index (χ1) is 29.8. The van der Waals surface area contributed by atoms with Gasteiger partial charge in [-0.1, -0.05) is 170 Å². The van der Waals surface area contributed by atoms with Crippen LogP contribution in [0.3, 0.4) is 0 Å². The van der Waals surface area contributed by atoms with Crippen molar-refractivity contribution in [1.82, 2.24) is 9.97 Å². The van der Waals surface area contributed by atoms with Gasteiger partial charge in [0.25, 0.3) is 0 Å². The lowest BCUT2D eigenvalue weighted by molar-refractivity contribution is 1.28. The first-order valence-corrected chi connectivity index (χ1v) is 20.3. The molecule has 0 bridgehead atoms. The minimum Gasteiger partial charge on any atom is -0.310 e. The number of hydrogen-bond donors (Lipinski definition) is 0. The number of rotatable bonds is 10. The van der Waals surface area contributed by atoms with E-state index in [4.69, 9.17) is 9.97 Å². The lowest BCUT2D eigenvalue weighted by Crippen LogP contribution is -2.10. The van der Waals surface area contributed by atoms with Crippen molar-refractivity contribution in [2.45, 2.75) is 0 Å². The van der Waals surface area contributed by atoms with Crippen molar-refractivity contribution in [2.75, 3.05) is 9.80 Å². The van der Waals surface area contributed by atoms with Gasteiger partial charge in [0.2, 0.25) is 0 Å². The average Bonchev–Trinajstić information content (AvgIpc) is 3.33. The minimum atomic E-state index is 0.844. The summed E-state index contributed by atoms with van der Waals surface area (Å²) in [7, 11) is 0. The van der Waals surface area contributed by atoms with Crippen LogP contribution in [0, 0.1) is 0 Å². The molecule has 4 nitrogen and oxygen atoms in total. The molecule has 9 aromatic carbocycles. The predicted molar refractivity (Wildman–Crippen MR) is 251 cm³/mol. The fraction of sp³-hybridized carbons (Fsp3) is 0. The van der Waals surface area contributed by atoms with Crippen molar-refractivity contribution in [3.05, 3.63) is 243 Å². The third-order valence-electron chi connectivity index (χ3n) is 10.9. The molecule has 0 unspecified atom stereocenters. The quantitative estimate of drug-likeness (QED) is 0.139. The van der Waals surface area contributed by atoms with Crippen LogP contribution in [0.2, 0.25) is 0 Å². The highest BCUT2D eigenvalue weighted by molar-refractivity contribution is 5.92. The van der Waals surface area contributed by atoms with Crippen LogP contribution in [0.5, 0.6) is 0 Å². The van der Waals surface area contributed by atoms with Gasteiger partial charge in [0.05, 0.1) is 33.8 Å². The van der Waals surface area contributed by atoms with Crippen LogP contribution in [0.1, 0.15) is 0 Å². The monoisotopic (exact) mass is 768 g/mol. The summed E-state index contributed by atoms with van der Waals surface area (Å²) in [6, 6.07) is 85.0. The van der Waals surface area contributed by atoms with Crippen molar-refractivity contribution >= 4 is 45.2 Å². The molecule has 0 amide bonds. The number of anilines is 6. The van der Waals surface area contributed by atoms with E-state index in [1.807, 2.05) is 24.3 Å². The summed E-state index contributed by atoms with van der Waals surface area (Å²) in [5, 5.41) is 0. The smallest absolute Gasteiger partial charge is 0.0973 e. The molecule has 1 heterocycles. The maximum absolute atomic E-state index is 5.26. The molecule has 284 valence electrons. The van der Waals surface area contributed by atoms with Gasteiger partial charge in [-0.05, 0) is 83.9 Å². The van der Waals surface area contributed by atoms with Gasteiger partial charge in [0.1, 0.15) is 0 Å². The third kappa shape index (κ3) is 7.19. The van der Waals surface area contributed by atoms with Gasteiger partial charge in [-0.15, -0.1) is 0 Å². The summed E-state index contributed by atoms with van der Waals surface area (Å²) in [6.45, 7) is 0. The zero-order chi connectivity index (χ0) is 40.1. The number of nitrogens with zero attached hydrogens (tertiary/aromatic N) is 4. The summed E-state index contributed by atoms with van der Waals surface area (Å²) in [6.07, 6.45) is 0. The largest absolute Gasteiger partial charge is 0.310 e. The van der Waals surface area contributed by atoms with Crippen LogP contribution in [-0.4, -0.2) is 9.97 Å². The maximum atomic E-state index is 5.26. The van der Waals surface area contributed by atoms with Crippen molar-refractivity contribution in [1.29, 1.82) is 0 Å². The van der Waals surface area contributed by atoms with Crippen molar-refractivity contribution < 1.29 is 0 Å². The maximum Gasteiger partial charge on any atom is 0.0973 e. The predicted octanol–water partition coefficient (Wildman–Crippen LogP) is 15.2. The molecule has 4 heteroatoms. The van der Waals surface area contributed by atoms with Crippen LogP contribution < -0.4 is 9.80 Å². The summed E-state index contributed by atoms with van der Waals surface area (Å²) in [4.78, 5) is 15.2. The van der Waals surface area contributed by atoms with Crippen LogP contribution in [0.25, 0.3) is 55.8 Å². The van der Waals surface area contributed by atoms with E-state index in [1.165, 1.54) is 0 Å². The van der Waals surface area contributed by atoms with E-state index in [9.17, 15) is 0 Å². The molecule has 0 N–H and O–H groups in total. The third-order valence-corrected chi connectivity index (χ3v) is 10.9. The Hall–Kier alpha value is -8.08. The Morgan fingerprint density at radius 3 is 0.833 bits per heavy atom. The lowest BCUT2D eigenvalue weighted by atomic mass is 9.96. The van der Waals surface area contributed by atoms with Gasteiger partial charge in [0.15, 0.2) is 0 Å². The number of benzene rings is 9. The van der Waals surface area contributed by atoms with E-state index in [0.717, 1.165) is 89.9 Å². The molecule has 0 saturated heterocycles. The second-order valence-electron chi connectivity index (χ2n) is 14.6. The highest BCUT2D eigenvalue weighted by Gasteiger charge is 2.20. The molecule has 0 radical (unpaired) electrons. The molecule has 0 saturated carbocycles. The lowest BCUT2D eigenvalue weighted by Gasteiger charge is -2.27. The van der Waals surface area contributed by atoms with Gasteiger partial charge >= 0.3 is 0 Å². The first-order valence-electron chi connectivity index (χ1n) is 20.3. The molecule has 0 aliphatic carbocycles. The first kappa shape index (κ1) is 36.3. The van der Waals surface area contributed by atoms with Crippen molar-refractivity contribution in [2.24, 2.45) is 0 Å². The van der Waals surface area contributed by atoms with E-state index < -0.39 is 0 Å². The fourth-order valence-corrected chi connectivity index (χ4v) is 8.01. The molecule has 0 aliphatic rings.